The molecule has 7 heteroatoms. The van der Waals surface area contributed by atoms with Gasteiger partial charge in [-0.1, -0.05) is 29.3 Å². The molecule has 0 aliphatic rings. The standard InChI is InChI=1S/C20H20F3NO3/c1-12-8-13(2)10-15(9-12)18(25)24-17(19(26)27-3)11-14-4-6-16(7-5-14)20(21,22)23/h4-10,17H,11H2,1-3H3,(H,24,25)/t17-/m0/s1. The third kappa shape index (κ3) is 5.57. The average Bonchev–Trinajstić information content (AvgIpc) is 2.59. The number of carbonyl (C=O) groups excluding carboxylic acids is 2. The number of carbonyl (C=O) groups is 2. The minimum atomic E-state index is -4.43. The first-order valence-corrected chi connectivity index (χ1v) is 8.23. The predicted octanol–water partition coefficient (Wildman–Crippen LogP) is 3.84. The minimum absolute atomic E-state index is 0.0152. The third-order valence-electron chi connectivity index (χ3n) is 4.00. The Labute approximate surface area is 155 Å². The maximum Gasteiger partial charge on any atom is 0.416 e. The van der Waals surface area contributed by atoms with E-state index in [9.17, 15) is 22.8 Å². The quantitative estimate of drug-likeness (QED) is 0.804. The van der Waals surface area contributed by atoms with E-state index in [2.05, 4.69) is 5.32 Å². The lowest BCUT2D eigenvalue weighted by atomic mass is 10.0. The summed E-state index contributed by atoms with van der Waals surface area (Å²) in [6, 6.07) is 8.72. The molecule has 0 aromatic heterocycles. The number of amides is 1. The number of hydrogen-bond donors (Lipinski definition) is 1. The zero-order chi connectivity index (χ0) is 20.2. The van der Waals surface area contributed by atoms with Crippen LogP contribution in [0.2, 0.25) is 0 Å². The fraction of sp³-hybridized carbons (Fsp3) is 0.300. The first-order chi connectivity index (χ1) is 12.6. The van der Waals surface area contributed by atoms with Crippen LogP contribution in [0.25, 0.3) is 0 Å². The minimum Gasteiger partial charge on any atom is -0.467 e. The van der Waals surface area contributed by atoms with Crippen molar-refractivity contribution in [3.05, 3.63) is 70.3 Å². The SMILES string of the molecule is COC(=O)[C@H](Cc1ccc(C(F)(F)F)cc1)NC(=O)c1cc(C)cc(C)c1. The molecule has 0 unspecified atom stereocenters. The van der Waals surface area contributed by atoms with Gasteiger partial charge in [0.2, 0.25) is 0 Å². The monoisotopic (exact) mass is 379 g/mol. The fourth-order valence-corrected chi connectivity index (χ4v) is 2.75. The lowest BCUT2D eigenvalue weighted by Crippen LogP contribution is -2.43. The molecule has 2 aromatic rings. The molecule has 2 aromatic carbocycles. The Kier molecular flexibility index (Phi) is 6.25. The number of ether oxygens (including phenoxy) is 1. The highest BCUT2D eigenvalue weighted by molar-refractivity contribution is 5.97. The van der Waals surface area contributed by atoms with Crippen LogP contribution in [0.4, 0.5) is 13.2 Å². The van der Waals surface area contributed by atoms with Crippen LogP contribution in [-0.2, 0) is 22.1 Å². The summed E-state index contributed by atoms with van der Waals surface area (Å²) in [6.07, 6.45) is -4.42. The lowest BCUT2D eigenvalue weighted by molar-refractivity contribution is -0.143. The van der Waals surface area contributed by atoms with Crippen LogP contribution in [0.15, 0.2) is 42.5 Å². The lowest BCUT2D eigenvalue weighted by Gasteiger charge is -2.17. The summed E-state index contributed by atoms with van der Waals surface area (Å²) in [6.45, 7) is 3.70. The molecule has 1 atom stereocenters. The van der Waals surface area contributed by atoms with Crippen LogP contribution in [0, 0.1) is 13.8 Å². The average molecular weight is 379 g/mol. The number of esters is 1. The largest absolute Gasteiger partial charge is 0.467 e. The Hall–Kier alpha value is -2.83. The molecular formula is C20H20F3NO3. The summed E-state index contributed by atoms with van der Waals surface area (Å²) in [5.74, 6) is -1.13. The number of halogens is 3. The van der Waals surface area contributed by atoms with Crippen molar-refractivity contribution in [3.8, 4) is 0 Å². The highest BCUT2D eigenvalue weighted by Gasteiger charge is 2.30. The van der Waals surface area contributed by atoms with Crippen molar-refractivity contribution in [3.63, 3.8) is 0 Å². The van der Waals surface area contributed by atoms with Crippen molar-refractivity contribution < 1.29 is 27.5 Å². The molecule has 0 fully saturated rings. The van der Waals surface area contributed by atoms with Gasteiger partial charge in [-0.2, -0.15) is 13.2 Å². The summed E-state index contributed by atoms with van der Waals surface area (Å²) >= 11 is 0. The van der Waals surface area contributed by atoms with E-state index in [1.165, 1.54) is 19.2 Å². The van der Waals surface area contributed by atoms with Crippen molar-refractivity contribution in [2.75, 3.05) is 7.11 Å². The van der Waals surface area contributed by atoms with Crippen LogP contribution in [-0.4, -0.2) is 25.0 Å². The van der Waals surface area contributed by atoms with E-state index in [0.29, 0.717) is 11.1 Å². The summed E-state index contributed by atoms with van der Waals surface area (Å²) in [7, 11) is 1.19. The van der Waals surface area contributed by atoms with Crippen molar-refractivity contribution >= 4 is 11.9 Å². The number of hydrogen-bond acceptors (Lipinski definition) is 3. The molecule has 0 spiro atoms. The topological polar surface area (TPSA) is 55.4 Å². The second-order valence-electron chi connectivity index (χ2n) is 6.32. The first kappa shape index (κ1) is 20.5. The number of aryl methyl sites for hydroxylation is 2. The van der Waals surface area contributed by atoms with Gasteiger partial charge in [-0.15, -0.1) is 0 Å². The van der Waals surface area contributed by atoms with E-state index in [-0.39, 0.29) is 6.42 Å². The molecule has 144 valence electrons. The van der Waals surface area contributed by atoms with Gasteiger partial charge in [0, 0.05) is 12.0 Å². The van der Waals surface area contributed by atoms with E-state index in [0.717, 1.165) is 23.3 Å². The maximum atomic E-state index is 12.7. The van der Waals surface area contributed by atoms with Gasteiger partial charge in [-0.3, -0.25) is 4.79 Å². The second-order valence-corrected chi connectivity index (χ2v) is 6.32. The number of alkyl halides is 3. The van der Waals surface area contributed by atoms with Gasteiger partial charge in [0.15, 0.2) is 0 Å². The van der Waals surface area contributed by atoms with E-state index in [1.54, 1.807) is 12.1 Å². The molecule has 0 aliphatic carbocycles. The molecule has 0 saturated carbocycles. The zero-order valence-electron chi connectivity index (χ0n) is 15.2. The molecule has 1 N–H and O–H groups in total. The Morgan fingerprint density at radius 3 is 2.07 bits per heavy atom. The van der Waals surface area contributed by atoms with Gasteiger partial charge in [-0.05, 0) is 43.7 Å². The smallest absolute Gasteiger partial charge is 0.416 e. The molecule has 0 saturated heterocycles. The molecule has 0 radical (unpaired) electrons. The number of rotatable bonds is 5. The normalized spacial score (nSPS) is 12.4. The molecule has 1 amide bonds. The Balaban J connectivity index is 2.18. The first-order valence-electron chi connectivity index (χ1n) is 8.23. The zero-order valence-corrected chi connectivity index (χ0v) is 15.2. The summed E-state index contributed by atoms with van der Waals surface area (Å²) < 4.78 is 42.7. The second kappa shape index (κ2) is 8.24. The summed E-state index contributed by atoms with van der Waals surface area (Å²) in [5.41, 5.74) is 1.89. The molecule has 27 heavy (non-hydrogen) atoms. The Morgan fingerprint density at radius 2 is 1.59 bits per heavy atom. The summed E-state index contributed by atoms with van der Waals surface area (Å²) in [4.78, 5) is 24.5. The van der Waals surface area contributed by atoms with Crippen molar-refractivity contribution in [2.45, 2.75) is 32.5 Å². The molecule has 2 rings (SSSR count). The highest BCUT2D eigenvalue weighted by Crippen LogP contribution is 2.29. The number of nitrogens with one attached hydrogen (secondary N) is 1. The molecular weight excluding hydrogens is 359 g/mol. The van der Waals surface area contributed by atoms with Crippen molar-refractivity contribution in [2.24, 2.45) is 0 Å². The van der Waals surface area contributed by atoms with Crippen LogP contribution < -0.4 is 5.32 Å². The maximum absolute atomic E-state index is 12.7. The van der Waals surface area contributed by atoms with Crippen LogP contribution >= 0.6 is 0 Å². The van der Waals surface area contributed by atoms with Gasteiger partial charge >= 0.3 is 12.1 Å². The van der Waals surface area contributed by atoms with Gasteiger partial charge < -0.3 is 10.1 Å². The highest BCUT2D eigenvalue weighted by atomic mass is 19.4. The van der Waals surface area contributed by atoms with Gasteiger partial charge in [0.1, 0.15) is 6.04 Å². The van der Waals surface area contributed by atoms with Gasteiger partial charge in [-0.25, -0.2) is 4.79 Å². The van der Waals surface area contributed by atoms with E-state index >= 15 is 0 Å². The van der Waals surface area contributed by atoms with Gasteiger partial charge in [0.05, 0.1) is 12.7 Å². The van der Waals surface area contributed by atoms with E-state index in [4.69, 9.17) is 4.74 Å². The molecule has 0 heterocycles. The number of methoxy groups -OCH3 is 1. The molecule has 4 nitrogen and oxygen atoms in total. The van der Waals surface area contributed by atoms with Crippen molar-refractivity contribution in [1.82, 2.24) is 5.32 Å². The predicted molar refractivity (Wildman–Crippen MR) is 94.3 cm³/mol. The number of benzene rings is 2. The third-order valence-corrected chi connectivity index (χ3v) is 4.00. The van der Waals surface area contributed by atoms with Gasteiger partial charge in [0.25, 0.3) is 5.91 Å². The Morgan fingerprint density at radius 1 is 1.04 bits per heavy atom. The van der Waals surface area contributed by atoms with Crippen LogP contribution in [0.1, 0.15) is 32.6 Å². The molecule has 0 aliphatic heterocycles. The van der Waals surface area contributed by atoms with Crippen LogP contribution in [0.5, 0.6) is 0 Å². The fourth-order valence-electron chi connectivity index (χ4n) is 2.75. The summed E-state index contributed by atoms with van der Waals surface area (Å²) in [5, 5.41) is 2.60. The Bertz CT molecular complexity index is 809. The van der Waals surface area contributed by atoms with Crippen molar-refractivity contribution in [1.29, 1.82) is 0 Å². The van der Waals surface area contributed by atoms with E-state index in [1.807, 2.05) is 19.9 Å². The van der Waals surface area contributed by atoms with E-state index < -0.39 is 29.7 Å². The van der Waals surface area contributed by atoms with Crippen LogP contribution in [0.3, 0.4) is 0 Å². The molecule has 0 bridgehead atoms.